The molecule has 1 heteroatoms. The molecule has 130 valence electrons. The lowest BCUT2D eigenvalue weighted by molar-refractivity contribution is 0.551. The summed E-state index contributed by atoms with van der Waals surface area (Å²) < 4.78 is 0. The molecule has 0 aliphatic heterocycles. The molecule has 23 heavy (non-hydrogen) atoms. The van der Waals surface area contributed by atoms with E-state index in [1.54, 1.807) is 0 Å². The molecule has 0 aliphatic carbocycles. The molecule has 0 amide bonds. The third kappa shape index (κ3) is 11.0. The highest BCUT2D eigenvalue weighted by Gasteiger charge is 1.96. The fourth-order valence-corrected chi connectivity index (χ4v) is 2.89. The van der Waals surface area contributed by atoms with Crippen LogP contribution in [0.2, 0.25) is 0 Å². The monoisotopic (exact) mass is 315 g/mol. The van der Waals surface area contributed by atoms with Crippen molar-refractivity contribution in [3.63, 3.8) is 0 Å². The molecular weight excluding hydrogens is 278 g/mol. The summed E-state index contributed by atoms with van der Waals surface area (Å²) >= 11 is 0. The van der Waals surface area contributed by atoms with E-state index in [0.717, 1.165) is 13.0 Å². The van der Waals surface area contributed by atoms with Crippen LogP contribution in [0.4, 0.5) is 0 Å². The summed E-state index contributed by atoms with van der Waals surface area (Å²) in [6.07, 6.45) is 17.4. The average molecular weight is 316 g/mol. The zero-order valence-electron chi connectivity index (χ0n) is 15.4. The Hall–Kier alpha value is -1.24. The molecule has 0 heterocycles. The molecule has 0 saturated carbocycles. The molecule has 1 aromatic rings. The second kappa shape index (κ2) is 14.4. The van der Waals surface area contributed by atoms with Crippen LogP contribution in [0.25, 0.3) is 6.08 Å². The predicted octanol–water partition coefficient (Wildman–Crippen LogP) is 6.95. The number of rotatable bonds is 14. The van der Waals surface area contributed by atoms with Gasteiger partial charge in [0.1, 0.15) is 0 Å². The normalized spacial score (nSPS) is 11.7. The molecule has 0 saturated heterocycles. The van der Waals surface area contributed by atoms with Gasteiger partial charge in [-0.1, -0.05) is 102 Å². The molecule has 1 N–H and O–H groups in total. The van der Waals surface area contributed by atoms with Gasteiger partial charge in [-0.15, -0.1) is 0 Å². The van der Waals surface area contributed by atoms with Crippen molar-refractivity contribution in [2.75, 3.05) is 6.54 Å². The Bertz CT molecular complexity index is 394. The Kier molecular flexibility index (Phi) is 12.4. The highest BCUT2D eigenvalue weighted by Crippen LogP contribution is 2.11. The highest BCUT2D eigenvalue weighted by molar-refractivity contribution is 5.51. The van der Waals surface area contributed by atoms with E-state index in [-0.39, 0.29) is 0 Å². The molecule has 1 nitrogen and oxygen atoms in total. The van der Waals surface area contributed by atoms with Crippen LogP contribution >= 0.6 is 0 Å². The fraction of sp³-hybridized carbons (Fsp3) is 0.636. The first-order chi connectivity index (χ1) is 11.4. The minimum Gasteiger partial charge on any atom is -0.388 e. The zero-order valence-corrected chi connectivity index (χ0v) is 15.4. The maximum Gasteiger partial charge on any atom is 0.0143 e. The SMILES string of the molecule is CCCCCCCCCCCCNC(=Cc1ccccc1)CC. The molecule has 0 aliphatic rings. The topological polar surface area (TPSA) is 12.0 Å². The molecule has 0 aromatic heterocycles. The first-order valence-electron chi connectivity index (χ1n) is 9.86. The van der Waals surface area contributed by atoms with Crippen LogP contribution in [0.5, 0.6) is 0 Å². The van der Waals surface area contributed by atoms with Gasteiger partial charge in [-0.3, -0.25) is 0 Å². The van der Waals surface area contributed by atoms with E-state index in [2.05, 4.69) is 55.6 Å². The van der Waals surface area contributed by atoms with Crippen LogP contribution in [-0.2, 0) is 0 Å². The predicted molar refractivity (Wildman–Crippen MR) is 105 cm³/mol. The Balaban J connectivity index is 2.00. The van der Waals surface area contributed by atoms with Gasteiger partial charge in [0.2, 0.25) is 0 Å². The smallest absolute Gasteiger partial charge is 0.0143 e. The minimum atomic E-state index is 1.08. The van der Waals surface area contributed by atoms with Crippen molar-refractivity contribution in [2.45, 2.75) is 84.5 Å². The van der Waals surface area contributed by atoms with Crippen molar-refractivity contribution >= 4 is 6.08 Å². The zero-order chi connectivity index (χ0) is 16.6. The van der Waals surface area contributed by atoms with Crippen molar-refractivity contribution in [1.29, 1.82) is 0 Å². The van der Waals surface area contributed by atoms with Gasteiger partial charge in [-0.05, 0) is 24.5 Å². The summed E-state index contributed by atoms with van der Waals surface area (Å²) in [6.45, 7) is 5.62. The lowest BCUT2D eigenvalue weighted by atomic mass is 10.1. The largest absolute Gasteiger partial charge is 0.388 e. The molecular formula is C22H37N. The van der Waals surface area contributed by atoms with Crippen molar-refractivity contribution < 1.29 is 0 Å². The standard InChI is InChI=1S/C22H37N/c1-3-5-6-7-8-9-10-11-12-16-19-23-22(4-2)20-21-17-14-13-15-18-21/h13-15,17-18,20,23H,3-12,16,19H2,1-2H3. The van der Waals surface area contributed by atoms with Crippen LogP contribution in [0.1, 0.15) is 90.0 Å². The van der Waals surface area contributed by atoms with Crippen LogP contribution in [-0.4, -0.2) is 6.54 Å². The van der Waals surface area contributed by atoms with Gasteiger partial charge in [0.05, 0.1) is 0 Å². The van der Waals surface area contributed by atoms with Crippen LogP contribution < -0.4 is 5.32 Å². The van der Waals surface area contributed by atoms with Gasteiger partial charge < -0.3 is 5.32 Å². The Labute approximate surface area is 144 Å². The highest BCUT2D eigenvalue weighted by atomic mass is 14.9. The Morgan fingerprint density at radius 1 is 0.783 bits per heavy atom. The van der Waals surface area contributed by atoms with Gasteiger partial charge >= 0.3 is 0 Å². The van der Waals surface area contributed by atoms with E-state index in [1.807, 2.05) is 0 Å². The van der Waals surface area contributed by atoms with Crippen LogP contribution in [0.3, 0.4) is 0 Å². The van der Waals surface area contributed by atoms with Gasteiger partial charge in [0.25, 0.3) is 0 Å². The fourth-order valence-electron chi connectivity index (χ4n) is 2.89. The lowest BCUT2D eigenvalue weighted by Gasteiger charge is -2.09. The van der Waals surface area contributed by atoms with E-state index in [9.17, 15) is 0 Å². The van der Waals surface area contributed by atoms with Crippen molar-refractivity contribution in [2.24, 2.45) is 0 Å². The summed E-state index contributed by atoms with van der Waals surface area (Å²) in [5, 5.41) is 3.60. The number of nitrogens with one attached hydrogen (secondary N) is 1. The molecule has 0 fully saturated rings. The summed E-state index contributed by atoms with van der Waals surface area (Å²) in [5.74, 6) is 0. The van der Waals surface area contributed by atoms with Gasteiger partial charge in [-0.25, -0.2) is 0 Å². The summed E-state index contributed by atoms with van der Waals surface area (Å²) in [5.41, 5.74) is 2.65. The third-order valence-corrected chi connectivity index (χ3v) is 4.40. The van der Waals surface area contributed by atoms with Crippen LogP contribution in [0.15, 0.2) is 36.0 Å². The number of unbranched alkanes of at least 4 members (excludes halogenated alkanes) is 9. The van der Waals surface area contributed by atoms with E-state index >= 15 is 0 Å². The Morgan fingerprint density at radius 2 is 1.35 bits per heavy atom. The Morgan fingerprint density at radius 3 is 1.91 bits per heavy atom. The molecule has 0 atom stereocenters. The summed E-state index contributed by atoms with van der Waals surface area (Å²) in [4.78, 5) is 0. The van der Waals surface area contributed by atoms with Gasteiger partial charge in [0, 0.05) is 12.2 Å². The maximum absolute atomic E-state index is 3.60. The second-order valence-electron chi connectivity index (χ2n) is 6.54. The first-order valence-corrected chi connectivity index (χ1v) is 9.86. The third-order valence-electron chi connectivity index (χ3n) is 4.40. The van der Waals surface area contributed by atoms with Crippen molar-refractivity contribution in [3.8, 4) is 0 Å². The number of hydrogen-bond donors (Lipinski definition) is 1. The summed E-state index contributed by atoms with van der Waals surface area (Å²) in [7, 11) is 0. The van der Waals surface area contributed by atoms with E-state index in [1.165, 1.54) is 75.5 Å². The first kappa shape index (κ1) is 19.8. The number of allylic oxidation sites excluding steroid dienone is 1. The molecule has 1 aromatic carbocycles. The summed E-state index contributed by atoms with van der Waals surface area (Å²) in [6, 6.07) is 10.6. The maximum atomic E-state index is 3.60. The number of hydrogen-bond acceptors (Lipinski definition) is 1. The molecule has 0 spiro atoms. The van der Waals surface area contributed by atoms with Gasteiger partial charge in [-0.2, -0.15) is 0 Å². The minimum absolute atomic E-state index is 1.08. The molecule has 0 unspecified atom stereocenters. The van der Waals surface area contributed by atoms with Crippen molar-refractivity contribution in [1.82, 2.24) is 5.32 Å². The average Bonchev–Trinajstić information content (AvgIpc) is 2.59. The van der Waals surface area contributed by atoms with Crippen LogP contribution in [0, 0.1) is 0 Å². The second-order valence-corrected chi connectivity index (χ2v) is 6.54. The molecule has 0 bridgehead atoms. The van der Waals surface area contributed by atoms with Crippen molar-refractivity contribution in [3.05, 3.63) is 41.6 Å². The molecule has 1 rings (SSSR count). The lowest BCUT2D eigenvalue weighted by Crippen LogP contribution is -2.14. The quantitative estimate of drug-likeness (QED) is 0.366. The number of benzene rings is 1. The van der Waals surface area contributed by atoms with E-state index in [0.29, 0.717) is 0 Å². The molecule has 0 radical (unpaired) electrons. The van der Waals surface area contributed by atoms with E-state index < -0.39 is 0 Å². The van der Waals surface area contributed by atoms with E-state index in [4.69, 9.17) is 0 Å². The van der Waals surface area contributed by atoms with Gasteiger partial charge in [0.15, 0.2) is 0 Å².